The molecule has 3 rings (SSSR count). The molecular formula is C20H27N3O. The molecule has 0 atom stereocenters. The highest BCUT2D eigenvalue weighted by Gasteiger charge is 2.23. The lowest BCUT2D eigenvalue weighted by atomic mass is 9.86. The molecule has 1 aliphatic rings. The van der Waals surface area contributed by atoms with Crippen LogP contribution in [0.1, 0.15) is 49.7 Å². The van der Waals surface area contributed by atoms with Crippen LogP contribution < -0.4 is 0 Å². The Bertz CT molecular complexity index is 722. The van der Waals surface area contributed by atoms with Crippen molar-refractivity contribution >= 4 is 5.91 Å². The van der Waals surface area contributed by atoms with E-state index in [1.54, 1.807) is 0 Å². The first-order valence-corrected chi connectivity index (χ1v) is 8.71. The number of aryl methyl sites for hydroxylation is 2. The summed E-state index contributed by atoms with van der Waals surface area (Å²) in [4.78, 5) is 18.9. The molecule has 1 aromatic heterocycles. The van der Waals surface area contributed by atoms with Crippen LogP contribution in [0.25, 0.3) is 0 Å². The summed E-state index contributed by atoms with van der Waals surface area (Å²) in [6.45, 7) is 8.12. The van der Waals surface area contributed by atoms with Gasteiger partial charge in [-0.1, -0.05) is 45.0 Å². The summed E-state index contributed by atoms with van der Waals surface area (Å²) < 4.78 is 2.03. The molecule has 0 fully saturated rings. The van der Waals surface area contributed by atoms with Crippen LogP contribution in [0.15, 0.2) is 30.6 Å². The fraction of sp³-hybridized carbons (Fsp3) is 0.500. The normalized spacial score (nSPS) is 14.6. The van der Waals surface area contributed by atoms with E-state index in [0.29, 0.717) is 13.0 Å². The zero-order chi connectivity index (χ0) is 17.3. The SMILES string of the molecule is Cn1cnc2c1CN(C(=O)CCc1ccc(C(C)(C)C)cc1)CC2. The third kappa shape index (κ3) is 3.53. The number of carbonyl (C=O) groups is 1. The highest BCUT2D eigenvalue weighted by molar-refractivity contribution is 5.76. The first-order valence-electron chi connectivity index (χ1n) is 8.71. The second kappa shape index (κ2) is 6.42. The molecule has 0 bridgehead atoms. The minimum atomic E-state index is 0.170. The van der Waals surface area contributed by atoms with E-state index in [1.165, 1.54) is 16.8 Å². The molecule has 4 heteroatoms. The van der Waals surface area contributed by atoms with E-state index in [2.05, 4.69) is 50.0 Å². The van der Waals surface area contributed by atoms with E-state index >= 15 is 0 Å². The molecule has 4 nitrogen and oxygen atoms in total. The van der Waals surface area contributed by atoms with Crippen LogP contribution in [0.5, 0.6) is 0 Å². The van der Waals surface area contributed by atoms with Gasteiger partial charge in [-0.15, -0.1) is 0 Å². The number of hydrogen-bond acceptors (Lipinski definition) is 2. The van der Waals surface area contributed by atoms with E-state index in [1.807, 2.05) is 22.8 Å². The molecule has 0 unspecified atom stereocenters. The molecule has 1 amide bonds. The molecule has 128 valence electrons. The third-order valence-electron chi connectivity index (χ3n) is 4.91. The number of hydrogen-bond donors (Lipinski definition) is 0. The Morgan fingerprint density at radius 1 is 1.21 bits per heavy atom. The number of rotatable bonds is 3. The van der Waals surface area contributed by atoms with Crippen molar-refractivity contribution in [3.05, 3.63) is 53.1 Å². The maximum atomic E-state index is 12.5. The lowest BCUT2D eigenvalue weighted by molar-refractivity contribution is -0.132. The fourth-order valence-corrected chi connectivity index (χ4v) is 3.21. The van der Waals surface area contributed by atoms with Crippen LogP contribution in [-0.2, 0) is 36.6 Å². The van der Waals surface area contributed by atoms with Gasteiger partial charge in [-0.2, -0.15) is 0 Å². The molecule has 0 aliphatic carbocycles. The number of nitrogens with zero attached hydrogens (tertiary/aromatic N) is 3. The van der Waals surface area contributed by atoms with Gasteiger partial charge in [0.15, 0.2) is 0 Å². The average molecular weight is 325 g/mol. The fourth-order valence-electron chi connectivity index (χ4n) is 3.21. The predicted molar refractivity (Wildman–Crippen MR) is 95.8 cm³/mol. The first-order chi connectivity index (χ1) is 11.3. The summed E-state index contributed by atoms with van der Waals surface area (Å²) in [5.41, 5.74) is 5.04. The Labute approximate surface area is 144 Å². The van der Waals surface area contributed by atoms with Gasteiger partial charge in [0, 0.05) is 26.4 Å². The molecule has 1 aromatic carbocycles. The number of amides is 1. The quantitative estimate of drug-likeness (QED) is 0.869. The van der Waals surface area contributed by atoms with E-state index in [0.717, 1.165) is 25.1 Å². The van der Waals surface area contributed by atoms with E-state index in [9.17, 15) is 4.79 Å². The molecule has 2 aromatic rings. The molecule has 0 saturated carbocycles. The van der Waals surface area contributed by atoms with Crippen molar-refractivity contribution < 1.29 is 4.79 Å². The van der Waals surface area contributed by atoms with Gasteiger partial charge in [0.05, 0.1) is 24.3 Å². The van der Waals surface area contributed by atoms with Crippen molar-refractivity contribution in [1.82, 2.24) is 14.5 Å². The lowest BCUT2D eigenvalue weighted by Crippen LogP contribution is -2.36. The van der Waals surface area contributed by atoms with Crippen LogP contribution in [0, 0.1) is 0 Å². The van der Waals surface area contributed by atoms with Crippen molar-refractivity contribution in [3.63, 3.8) is 0 Å². The smallest absolute Gasteiger partial charge is 0.223 e. The third-order valence-corrected chi connectivity index (χ3v) is 4.91. The van der Waals surface area contributed by atoms with Crippen LogP contribution in [0.3, 0.4) is 0 Å². The average Bonchev–Trinajstić information content (AvgIpc) is 2.93. The second-order valence-corrected chi connectivity index (χ2v) is 7.76. The Morgan fingerprint density at radius 3 is 2.58 bits per heavy atom. The van der Waals surface area contributed by atoms with Gasteiger partial charge in [0.25, 0.3) is 0 Å². The van der Waals surface area contributed by atoms with Crippen molar-refractivity contribution in [3.8, 4) is 0 Å². The molecule has 0 N–H and O–H groups in total. The van der Waals surface area contributed by atoms with Gasteiger partial charge in [0.1, 0.15) is 0 Å². The highest BCUT2D eigenvalue weighted by Crippen LogP contribution is 2.23. The van der Waals surface area contributed by atoms with E-state index in [-0.39, 0.29) is 11.3 Å². The van der Waals surface area contributed by atoms with Gasteiger partial charge in [-0.05, 0) is 23.0 Å². The van der Waals surface area contributed by atoms with E-state index in [4.69, 9.17) is 0 Å². The monoisotopic (exact) mass is 325 g/mol. The van der Waals surface area contributed by atoms with Crippen LogP contribution in [0.2, 0.25) is 0 Å². The topological polar surface area (TPSA) is 38.1 Å². The summed E-state index contributed by atoms with van der Waals surface area (Å²) >= 11 is 0. The largest absolute Gasteiger partial charge is 0.336 e. The Morgan fingerprint density at radius 2 is 1.92 bits per heavy atom. The standard InChI is InChI=1S/C20H27N3O/c1-20(2,3)16-8-5-15(6-9-16)7-10-19(24)23-12-11-17-18(13-23)22(4)14-21-17/h5-6,8-9,14H,7,10-13H2,1-4H3. The number of benzene rings is 1. The zero-order valence-electron chi connectivity index (χ0n) is 15.2. The lowest BCUT2D eigenvalue weighted by Gasteiger charge is -2.27. The highest BCUT2D eigenvalue weighted by atomic mass is 16.2. The van der Waals surface area contributed by atoms with Crippen LogP contribution in [-0.4, -0.2) is 26.9 Å². The summed E-state index contributed by atoms with van der Waals surface area (Å²) in [5, 5.41) is 0. The van der Waals surface area contributed by atoms with E-state index < -0.39 is 0 Å². The molecule has 2 heterocycles. The van der Waals surface area contributed by atoms with Crippen molar-refractivity contribution in [2.24, 2.45) is 7.05 Å². The summed E-state index contributed by atoms with van der Waals surface area (Å²) in [6.07, 6.45) is 4.08. The summed E-state index contributed by atoms with van der Waals surface area (Å²) in [7, 11) is 2.00. The van der Waals surface area contributed by atoms with Crippen molar-refractivity contribution in [1.29, 1.82) is 0 Å². The molecular weight excluding hydrogens is 298 g/mol. The number of carbonyl (C=O) groups excluding carboxylic acids is 1. The molecule has 0 radical (unpaired) electrons. The second-order valence-electron chi connectivity index (χ2n) is 7.76. The van der Waals surface area contributed by atoms with Crippen molar-refractivity contribution in [2.45, 2.75) is 52.0 Å². The van der Waals surface area contributed by atoms with Gasteiger partial charge >= 0.3 is 0 Å². The van der Waals surface area contributed by atoms with Crippen LogP contribution >= 0.6 is 0 Å². The van der Waals surface area contributed by atoms with Gasteiger partial charge in [-0.3, -0.25) is 4.79 Å². The zero-order valence-corrected chi connectivity index (χ0v) is 15.2. The molecule has 0 saturated heterocycles. The van der Waals surface area contributed by atoms with Gasteiger partial charge in [-0.25, -0.2) is 4.98 Å². The summed E-state index contributed by atoms with van der Waals surface area (Å²) in [5.74, 6) is 0.238. The maximum absolute atomic E-state index is 12.5. The minimum absolute atomic E-state index is 0.170. The number of fused-ring (bicyclic) bond motifs is 1. The maximum Gasteiger partial charge on any atom is 0.223 e. The Kier molecular flexibility index (Phi) is 4.48. The van der Waals surface area contributed by atoms with Gasteiger partial charge < -0.3 is 9.47 Å². The van der Waals surface area contributed by atoms with Crippen LogP contribution in [0.4, 0.5) is 0 Å². The number of aromatic nitrogens is 2. The van der Waals surface area contributed by atoms with Crippen molar-refractivity contribution in [2.75, 3.05) is 6.54 Å². The Hall–Kier alpha value is -2.10. The minimum Gasteiger partial charge on any atom is -0.336 e. The molecule has 1 aliphatic heterocycles. The first kappa shape index (κ1) is 16.7. The molecule has 24 heavy (non-hydrogen) atoms. The summed E-state index contributed by atoms with van der Waals surface area (Å²) in [6, 6.07) is 8.68. The number of imidazole rings is 1. The molecule has 0 spiro atoms. The predicted octanol–water partition coefficient (Wildman–Crippen LogP) is 3.24. The Balaban J connectivity index is 1.57. The van der Waals surface area contributed by atoms with Gasteiger partial charge in [0.2, 0.25) is 5.91 Å².